The van der Waals surface area contributed by atoms with E-state index in [9.17, 15) is 8.42 Å². The first-order valence-corrected chi connectivity index (χ1v) is 10.8. The van der Waals surface area contributed by atoms with E-state index in [1.54, 1.807) is 18.2 Å². The number of aromatic nitrogens is 1. The zero-order valence-corrected chi connectivity index (χ0v) is 17.0. The predicted octanol–water partition coefficient (Wildman–Crippen LogP) is 5.45. The summed E-state index contributed by atoms with van der Waals surface area (Å²) in [7, 11) is -3.81. The van der Waals surface area contributed by atoms with Gasteiger partial charge >= 0.3 is 0 Å². The van der Waals surface area contributed by atoms with Crippen molar-refractivity contribution in [3.63, 3.8) is 0 Å². The highest BCUT2D eigenvalue weighted by atomic mass is 32.2. The summed E-state index contributed by atoms with van der Waals surface area (Å²) in [6.45, 7) is 6.15. The molecule has 0 bridgehead atoms. The van der Waals surface area contributed by atoms with Gasteiger partial charge in [-0.05, 0) is 30.7 Å². The van der Waals surface area contributed by atoms with Crippen LogP contribution in [0.3, 0.4) is 0 Å². The van der Waals surface area contributed by atoms with Gasteiger partial charge in [-0.15, -0.1) is 6.58 Å². The quantitative estimate of drug-likeness (QED) is 0.436. The van der Waals surface area contributed by atoms with Crippen molar-refractivity contribution in [2.75, 3.05) is 11.9 Å². The second kappa shape index (κ2) is 7.60. The molecule has 0 aliphatic heterocycles. The van der Waals surface area contributed by atoms with Crippen LogP contribution in [0.5, 0.6) is 0 Å². The molecule has 0 saturated carbocycles. The minimum Gasteiger partial charge on any atom is -0.367 e. The van der Waals surface area contributed by atoms with Crippen LogP contribution in [0.4, 0.5) is 5.82 Å². The van der Waals surface area contributed by atoms with E-state index in [1.165, 1.54) is 3.97 Å². The molecule has 5 heteroatoms. The largest absolute Gasteiger partial charge is 0.367 e. The molecule has 3 aromatic carbocycles. The van der Waals surface area contributed by atoms with Crippen molar-refractivity contribution in [1.82, 2.24) is 3.97 Å². The maximum atomic E-state index is 13.7. The van der Waals surface area contributed by atoms with Crippen molar-refractivity contribution in [3.8, 4) is 11.1 Å². The molecule has 0 unspecified atom stereocenters. The Bertz CT molecular complexity index is 1270. The summed E-state index contributed by atoms with van der Waals surface area (Å²) in [5.41, 5.74) is 3.46. The first-order valence-electron chi connectivity index (χ1n) is 9.40. The van der Waals surface area contributed by atoms with Gasteiger partial charge in [-0.25, -0.2) is 12.4 Å². The SMILES string of the molecule is C=CCNc1c(-c2ccccc2)c2ccccc2n1S(=O)(=O)c1ccc(C)cc1. The summed E-state index contributed by atoms with van der Waals surface area (Å²) in [6, 6.07) is 24.3. The Labute approximate surface area is 171 Å². The van der Waals surface area contributed by atoms with Crippen LogP contribution in [-0.2, 0) is 10.0 Å². The van der Waals surface area contributed by atoms with E-state index in [4.69, 9.17) is 0 Å². The van der Waals surface area contributed by atoms with Crippen molar-refractivity contribution in [3.05, 3.63) is 97.1 Å². The standard InChI is InChI=1S/C24H22N2O2S/c1-3-17-25-24-23(19-9-5-4-6-10-19)21-11-7-8-12-22(21)26(24)29(27,28)20-15-13-18(2)14-16-20/h3-16,25H,1,17H2,2H3. The minimum atomic E-state index is -3.81. The summed E-state index contributed by atoms with van der Waals surface area (Å²) in [5, 5.41) is 4.15. The monoisotopic (exact) mass is 402 g/mol. The molecule has 0 aliphatic rings. The molecular weight excluding hydrogens is 380 g/mol. The van der Waals surface area contributed by atoms with Gasteiger partial charge in [-0.3, -0.25) is 0 Å². The lowest BCUT2D eigenvalue weighted by molar-refractivity contribution is 0.589. The number of para-hydroxylation sites is 1. The molecule has 4 aromatic rings. The van der Waals surface area contributed by atoms with Gasteiger partial charge in [0.1, 0.15) is 5.82 Å². The third kappa shape index (κ3) is 3.34. The molecule has 0 aliphatic carbocycles. The molecule has 1 N–H and O–H groups in total. The Morgan fingerprint density at radius 1 is 0.931 bits per heavy atom. The molecule has 1 aromatic heterocycles. The Morgan fingerprint density at radius 2 is 1.59 bits per heavy atom. The average molecular weight is 403 g/mol. The van der Waals surface area contributed by atoms with Crippen molar-refractivity contribution in [1.29, 1.82) is 0 Å². The van der Waals surface area contributed by atoms with E-state index in [1.807, 2.05) is 73.7 Å². The highest BCUT2D eigenvalue weighted by Gasteiger charge is 2.27. The fraction of sp³-hybridized carbons (Fsp3) is 0.0833. The Morgan fingerprint density at radius 3 is 2.28 bits per heavy atom. The molecule has 1 heterocycles. The Kier molecular flexibility index (Phi) is 4.99. The van der Waals surface area contributed by atoms with Gasteiger partial charge in [0, 0.05) is 17.5 Å². The number of fused-ring (bicyclic) bond motifs is 1. The minimum absolute atomic E-state index is 0.255. The van der Waals surface area contributed by atoms with Crippen LogP contribution in [0.15, 0.2) is 96.4 Å². The van der Waals surface area contributed by atoms with Crippen LogP contribution < -0.4 is 5.32 Å². The third-order valence-corrected chi connectivity index (χ3v) is 6.60. The molecule has 29 heavy (non-hydrogen) atoms. The van der Waals surface area contributed by atoms with Crippen LogP contribution in [-0.4, -0.2) is 18.9 Å². The normalized spacial score (nSPS) is 11.5. The summed E-state index contributed by atoms with van der Waals surface area (Å²) in [6.07, 6.45) is 1.72. The van der Waals surface area contributed by atoms with Crippen LogP contribution in [0.2, 0.25) is 0 Å². The maximum absolute atomic E-state index is 13.7. The summed E-state index contributed by atoms with van der Waals surface area (Å²) in [5.74, 6) is 0.540. The zero-order valence-electron chi connectivity index (χ0n) is 16.2. The predicted molar refractivity (Wildman–Crippen MR) is 120 cm³/mol. The van der Waals surface area contributed by atoms with E-state index < -0.39 is 10.0 Å². The molecule has 4 nitrogen and oxygen atoms in total. The van der Waals surface area contributed by atoms with Crippen LogP contribution in [0.1, 0.15) is 5.56 Å². The van der Waals surface area contributed by atoms with E-state index in [0.29, 0.717) is 17.9 Å². The first-order chi connectivity index (χ1) is 14.0. The molecule has 0 atom stereocenters. The van der Waals surface area contributed by atoms with Gasteiger partial charge in [0.15, 0.2) is 0 Å². The molecule has 0 amide bonds. The molecule has 146 valence electrons. The highest BCUT2D eigenvalue weighted by Crippen LogP contribution is 2.40. The van der Waals surface area contributed by atoms with Crippen molar-refractivity contribution in [2.45, 2.75) is 11.8 Å². The number of aryl methyl sites for hydroxylation is 1. The topological polar surface area (TPSA) is 51.1 Å². The van der Waals surface area contributed by atoms with Crippen LogP contribution in [0, 0.1) is 6.92 Å². The van der Waals surface area contributed by atoms with Gasteiger partial charge < -0.3 is 5.32 Å². The lowest BCUT2D eigenvalue weighted by Crippen LogP contribution is -2.16. The van der Waals surface area contributed by atoms with Crippen molar-refractivity contribution >= 4 is 26.7 Å². The summed E-state index contributed by atoms with van der Waals surface area (Å²) >= 11 is 0. The smallest absolute Gasteiger partial charge is 0.269 e. The Balaban J connectivity index is 2.08. The number of benzene rings is 3. The molecule has 0 fully saturated rings. The van der Waals surface area contributed by atoms with Gasteiger partial charge in [-0.2, -0.15) is 0 Å². The van der Waals surface area contributed by atoms with Crippen LogP contribution in [0.25, 0.3) is 22.0 Å². The van der Waals surface area contributed by atoms with Gasteiger partial charge in [0.25, 0.3) is 10.0 Å². The fourth-order valence-corrected chi connectivity index (χ4v) is 5.01. The van der Waals surface area contributed by atoms with E-state index in [0.717, 1.165) is 22.1 Å². The second-order valence-electron chi connectivity index (χ2n) is 6.86. The molecule has 0 radical (unpaired) electrons. The van der Waals surface area contributed by atoms with Crippen molar-refractivity contribution in [2.24, 2.45) is 0 Å². The molecular formula is C24H22N2O2S. The summed E-state index contributed by atoms with van der Waals surface area (Å²) in [4.78, 5) is 0.255. The lowest BCUT2D eigenvalue weighted by Gasteiger charge is -2.14. The number of rotatable bonds is 6. The highest BCUT2D eigenvalue weighted by molar-refractivity contribution is 7.90. The number of hydrogen-bond acceptors (Lipinski definition) is 3. The lowest BCUT2D eigenvalue weighted by atomic mass is 10.0. The average Bonchev–Trinajstić information content (AvgIpc) is 3.08. The van der Waals surface area contributed by atoms with Crippen LogP contribution >= 0.6 is 0 Å². The third-order valence-electron chi connectivity index (χ3n) is 4.87. The van der Waals surface area contributed by atoms with Crippen molar-refractivity contribution < 1.29 is 8.42 Å². The van der Waals surface area contributed by atoms with E-state index in [-0.39, 0.29) is 4.90 Å². The molecule has 0 saturated heterocycles. The van der Waals surface area contributed by atoms with Gasteiger partial charge in [0.05, 0.1) is 10.4 Å². The number of hydrogen-bond donors (Lipinski definition) is 1. The second-order valence-corrected chi connectivity index (χ2v) is 8.65. The number of anilines is 1. The first kappa shape index (κ1) is 19.0. The summed E-state index contributed by atoms with van der Waals surface area (Å²) < 4.78 is 28.8. The van der Waals surface area contributed by atoms with E-state index >= 15 is 0 Å². The Hall–Kier alpha value is -3.31. The number of nitrogens with zero attached hydrogens (tertiary/aromatic N) is 1. The zero-order chi connectivity index (χ0) is 20.4. The molecule has 0 spiro atoms. The van der Waals surface area contributed by atoms with E-state index in [2.05, 4.69) is 11.9 Å². The maximum Gasteiger partial charge on any atom is 0.269 e. The van der Waals surface area contributed by atoms with Gasteiger partial charge in [-0.1, -0.05) is 72.3 Å². The molecule has 4 rings (SSSR count). The number of nitrogens with one attached hydrogen (secondary N) is 1. The fourth-order valence-electron chi connectivity index (χ4n) is 3.50. The van der Waals surface area contributed by atoms with Gasteiger partial charge in [0.2, 0.25) is 0 Å².